The molecular formula is C25H20N3O+. The van der Waals surface area contributed by atoms with Crippen LogP contribution in [0.3, 0.4) is 0 Å². The van der Waals surface area contributed by atoms with Gasteiger partial charge in [-0.15, -0.1) is 0 Å². The van der Waals surface area contributed by atoms with Crippen LogP contribution in [0.2, 0.25) is 0 Å². The number of para-hydroxylation sites is 2. The molecule has 3 heterocycles. The minimum absolute atomic E-state index is 0.681. The third-order valence-electron chi connectivity index (χ3n) is 6.13. The van der Waals surface area contributed by atoms with Gasteiger partial charge in [0.1, 0.15) is 5.56 Å². The van der Waals surface area contributed by atoms with Crippen LogP contribution in [0.1, 0.15) is 5.56 Å². The van der Waals surface area contributed by atoms with Crippen LogP contribution in [0.25, 0.3) is 55.3 Å². The molecule has 0 unspecified atom stereocenters. The molecule has 0 saturated heterocycles. The van der Waals surface area contributed by atoms with Crippen molar-refractivity contribution in [2.45, 2.75) is 6.92 Å². The summed E-state index contributed by atoms with van der Waals surface area (Å²) in [4.78, 5) is 4.50. The van der Waals surface area contributed by atoms with Crippen LogP contribution >= 0.6 is 0 Å². The van der Waals surface area contributed by atoms with Crippen molar-refractivity contribution < 1.29 is 8.98 Å². The smallest absolute Gasteiger partial charge is 0.293 e. The lowest BCUT2D eigenvalue weighted by Gasteiger charge is -2.10. The van der Waals surface area contributed by atoms with Crippen molar-refractivity contribution in [2.75, 3.05) is 0 Å². The molecule has 4 nitrogen and oxygen atoms in total. The number of hydrogen-bond donors (Lipinski definition) is 0. The van der Waals surface area contributed by atoms with E-state index in [1.54, 1.807) is 6.20 Å². The maximum Gasteiger partial charge on any atom is 0.293 e. The van der Waals surface area contributed by atoms with E-state index in [-0.39, 0.29) is 0 Å². The Hall–Kier alpha value is -3.66. The number of benzene rings is 3. The molecule has 4 heteroatoms. The van der Waals surface area contributed by atoms with E-state index in [9.17, 15) is 0 Å². The van der Waals surface area contributed by atoms with Gasteiger partial charge in [0.05, 0.1) is 14.1 Å². The van der Waals surface area contributed by atoms with Gasteiger partial charge in [-0.25, -0.2) is 14.1 Å². The standard InChI is InChI=1S/C25H20N3O/c1-15-16-9-4-5-10-17(16)22-18-11-8-14-26-24(18)29-23(22)21(15)25-27(2)19-12-6-7-13-20(19)28(25)3/h4-14H,1-3H3/q+1. The number of imidazole rings is 1. The highest BCUT2D eigenvalue weighted by Gasteiger charge is 2.29. The number of furan rings is 1. The largest absolute Gasteiger partial charge is 0.437 e. The van der Waals surface area contributed by atoms with E-state index < -0.39 is 0 Å². The number of rotatable bonds is 1. The molecule has 0 saturated carbocycles. The summed E-state index contributed by atoms with van der Waals surface area (Å²) in [5.41, 5.74) is 6.31. The highest BCUT2D eigenvalue weighted by molar-refractivity contribution is 6.22. The van der Waals surface area contributed by atoms with Gasteiger partial charge in [0.2, 0.25) is 5.71 Å². The second-order valence-corrected chi connectivity index (χ2v) is 7.64. The average Bonchev–Trinajstić information content (AvgIpc) is 3.26. The Morgan fingerprint density at radius 2 is 1.62 bits per heavy atom. The average molecular weight is 378 g/mol. The van der Waals surface area contributed by atoms with E-state index in [0.29, 0.717) is 5.71 Å². The first-order chi connectivity index (χ1) is 14.2. The lowest BCUT2D eigenvalue weighted by molar-refractivity contribution is -0.634. The van der Waals surface area contributed by atoms with Gasteiger partial charge < -0.3 is 4.42 Å². The zero-order valence-electron chi connectivity index (χ0n) is 16.6. The molecular weight excluding hydrogens is 358 g/mol. The molecule has 0 spiro atoms. The van der Waals surface area contributed by atoms with E-state index in [0.717, 1.165) is 27.7 Å². The summed E-state index contributed by atoms with van der Waals surface area (Å²) >= 11 is 0. The van der Waals surface area contributed by atoms with E-state index in [1.807, 2.05) is 6.07 Å². The first-order valence-corrected chi connectivity index (χ1v) is 9.79. The number of nitrogens with zero attached hydrogens (tertiary/aromatic N) is 3. The molecule has 3 aromatic carbocycles. The van der Waals surface area contributed by atoms with Gasteiger partial charge in [0.15, 0.2) is 16.6 Å². The predicted octanol–water partition coefficient (Wildman–Crippen LogP) is 5.43. The van der Waals surface area contributed by atoms with Crippen LogP contribution in [-0.2, 0) is 14.1 Å². The third-order valence-corrected chi connectivity index (χ3v) is 6.13. The Bertz CT molecular complexity index is 1550. The lowest BCUT2D eigenvalue weighted by Crippen LogP contribution is -2.30. The Kier molecular flexibility index (Phi) is 3.19. The molecule has 29 heavy (non-hydrogen) atoms. The topological polar surface area (TPSA) is 34.8 Å². The highest BCUT2D eigenvalue weighted by Crippen LogP contribution is 2.42. The number of hydrogen-bond acceptors (Lipinski definition) is 2. The number of aryl methyl sites for hydroxylation is 3. The second kappa shape index (κ2) is 5.67. The number of fused-ring (bicyclic) bond motifs is 6. The SMILES string of the molecule is Cc1c(-c2n(C)c3ccccc3[n+]2C)c2oc3ncccc3c2c2ccccc12. The maximum atomic E-state index is 6.40. The maximum absolute atomic E-state index is 6.40. The zero-order chi connectivity index (χ0) is 19.7. The minimum Gasteiger partial charge on any atom is -0.437 e. The summed E-state index contributed by atoms with van der Waals surface area (Å²) in [6, 6.07) is 21.1. The summed E-state index contributed by atoms with van der Waals surface area (Å²) in [7, 11) is 4.25. The van der Waals surface area contributed by atoms with Crippen molar-refractivity contribution in [3.63, 3.8) is 0 Å². The van der Waals surface area contributed by atoms with Gasteiger partial charge in [-0.05, 0) is 47.5 Å². The second-order valence-electron chi connectivity index (χ2n) is 7.64. The fourth-order valence-corrected chi connectivity index (χ4v) is 4.80. The Morgan fingerprint density at radius 3 is 2.45 bits per heavy atom. The molecule has 0 atom stereocenters. The molecule has 6 rings (SSSR count). The van der Waals surface area contributed by atoms with Gasteiger partial charge in [-0.3, -0.25) is 0 Å². The van der Waals surface area contributed by atoms with Crippen LogP contribution in [-0.4, -0.2) is 9.55 Å². The number of aromatic nitrogens is 3. The van der Waals surface area contributed by atoms with Crippen LogP contribution in [0, 0.1) is 6.92 Å². The van der Waals surface area contributed by atoms with Crippen LogP contribution in [0.15, 0.2) is 71.3 Å². The van der Waals surface area contributed by atoms with E-state index >= 15 is 0 Å². The molecule has 0 aliphatic carbocycles. The minimum atomic E-state index is 0.681. The fourth-order valence-electron chi connectivity index (χ4n) is 4.80. The van der Waals surface area contributed by atoms with Crippen LogP contribution in [0.5, 0.6) is 0 Å². The van der Waals surface area contributed by atoms with Gasteiger partial charge in [0.25, 0.3) is 5.82 Å². The molecule has 0 fully saturated rings. The summed E-state index contributed by atoms with van der Waals surface area (Å²) < 4.78 is 10.9. The summed E-state index contributed by atoms with van der Waals surface area (Å²) in [6.45, 7) is 2.19. The van der Waals surface area contributed by atoms with Crippen molar-refractivity contribution in [1.82, 2.24) is 9.55 Å². The Balaban J connectivity index is 1.91. The lowest BCUT2D eigenvalue weighted by atomic mass is 9.95. The zero-order valence-corrected chi connectivity index (χ0v) is 16.6. The Labute approximate surface area is 167 Å². The number of pyridine rings is 1. The summed E-state index contributed by atoms with van der Waals surface area (Å²) in [5.74, 6) is 1.12. The highest BCUT2D eigenvalue weighted by atomic mass is 16.3. The molecule has 6 aromatic rings. The normalized spacial score (nSPS) is 12.0. The molecule has 0 aliphatic rings. The summed E-state index contributed by atoms with van der Waals surface area (Å²) in [5, 5.41) is 4.64. The van der Waals surface area contributed by atoms with Crippen molar-refractivity contribution in [3.05, 3.63) is 72.4 Å². The molecule has 0 bridgehead atoms. The van der Waals surface area contributed by atoms with E-state index in [1.165, 1.54) is 27.4 Å². The molecule has 0 aliphatic heterocycles. The molecule has 3 aromatic heterocycles. The monoisotopic (exact) mass is 378 g/mol. The quantitative estimate of drug-likeness (QED) is 0.358. The fraction of sp³-hybridized carbons (Fsp3) is 0.120. The van der Waals surface area contributed by atoms with Crippen molar-refractivity contribution in [2.24, 2.45) is 14.1 Å². The van der Waals surface area contributed by atoms with Gasteiger partial charge in [-0.2, -0.15) is 0 Å². The van der Waals surface area contributed by atoms with Crippen LogP contribution in [0.4, 0.5) is 0 Å². The van der Waals surface area contributed by atoms with Crippen molar-refractivity contribution >= 4 is 43.9 Å². The molecule has 0 radical (unpaired) electrons. The molecule has 0 N–H and O–H groups in total. The molecule has 140 valence electrons. The van der Waals surface area contributed by atoms with E-state index in [2.05, 4.69) is 89.7 Å². The third kappa shape index (κ3) is 2.03. The van der Waals surface area contributed by atoms with Crippen molar-refractivity contribution in [1.29, 1.82) is 0 Å². The van der Waals surface area contributed by atoms with Crippen molar-refractivity contribution in [3.8, 4) is 11.4 Å². The predicted molar refractivity (Wildman–Crippen MR) is 117 cm³/mol. The van der Waals surface area contributed by atoms with Gasteiger partial charge in [-0.1, -0.05) is 36.4 Å². The molecule has 0 amide bonds. The first-order valence-electron chi connectivity index (χ1n) is 9.79. The summed E-state index contributed by atoms with van der Waals surface area (Å²) in [6.07, 6.45) is 1.79. The van der Waals surface area contributed by atoms with Gasteiger partial charge >= 0.3 is 0 Å². The van der Waals surface area contributed by atoms with Crippen LogP contribution < -0.4 is 4.57 Å². The Morgan fingerprint density at radius 1 is 0.897 bits per heavy atom. The van der Waals surface area contributed by atoms with Gasteiger partial charge in [0, 0.05) is 17.0 Å². The van der Waals surface area contributed by atoms with E-state index in [4.69, 9.17) is 4.42 Å². The first kappa shape index (κ1) is 16.3.